The minimum absolute atomic E-state index is 0.138. The fourth-order valence-electron chi connectivity index (χ4n) is 1.92. The smallest absolute Gasteiger partial charge is 0.122 e. The number of nitrogens with zero attached hydrogens (tertiary/aromatic N) is 1. The Morgan fingerprint density at radius 2 is 2.12 bits per heavy atom. The summed E-state index contributed by atoms with van der Waals surface area (Å²) in [5, 5.41) is 7.44. The van der Waals surface area contributed by atoms with Crippen molar-refractivity contribution in [1.82, 2.24) is 4.90 Å². The summed E-state index contributed by atoms with van der Waals surface area (Å²) >= 11 is 0. The lowest BCUT2D eigenvalue weighted by molar-refractivity contribution is 0.248. The standard InChI is InChI=1S/C14H23N3/c1-4-17(9-11(2)3)10-12-6-5-7-13(8-12)14(15)16/h5-8,11H,4,9-10H2,1-3H3,(H3,15,16). The van der Waals surface area contributed by atoms with E-state index < -0.39 is 0 Å². The number of amidine groups is 1. The Labute approximate surface area is 104 Å². The Kier molecular flexibility index (Phi) is 5.16. The molecule has 0 amide bonds. The first kappa shape index (κ1) is 13.7. The van der Waals surface area contributed by atoms with Crippen molar-refractivity contribution in [2.75, 3.05) is 13.1 Å². The molecule has 0 bridgehead atoms. The van der Waals surface area contributed by atoms with Gasteiger partial charge in [0.1, 0.15) is 5.84 Å². The molecule has 3 nitrogen and oxygen atoms in total. The van der Waals surface area contributed by atoms with Crippen molar-refractivity contribution in [2.24, 2.45) is 11.7 Å². The van der Waals surface area contributed by atoms with Gasteiger partial charge in [0.2, 0.25) is 0 Å². The van der Waals surface area contributed by atoms with Crippen LogP contribution in [-0.4, -0.2) is 23.8 Å². The van der Waals surface area contributed by atoms with Gasteiger partial charge in [0, 0.05) is 18.7 Å². The molecule has 0 radical (unpaired) electrons. The highest BCUT2D eigenvalue weighted by Gasteiger charge is 2.06. The molecule has 1 aromatic rings. The van der Waals surface area contributed by atoms with Gasteiger partial charge in [-0.2, -0.15) is 0 Å². The maximum atomic E-state index is 7.44. The van der Waals surface area contributed by atoms with Crippen molar-refractivity contribution in [1.29, 1.82) is 5.41 Å². The quantitative estimate of drug-likeness (QED) is 0.586. The fourth-order valence-corrected chi connectivity index (χ4v) is 1.92. The molecule has 0 unspecified atom stereocenters. The predicted molar refractivity (Wildman–Crippen MR) is 73.2 cm³/mol. The molecule has 0 heterocycles. The molecule has 0 aliphatic rings. The normalized spacial score (nSPS) is 11.1. The van der Waals surface area contributed by atoms with Crippen LogP contribution < -0.4 is 5.73 Å². The van der Waals surface area contributed by atoms with Crippen LogP contribution in [0.25, 0.3) is 0 Å². The minimum Gasteiger partial charge on any atom is -0.384 e. The monoisotopic (exact) mass is 233 g/mol. The van der Waals surface area contributed by atoms with Crippen LogP contribution in [0.3, 0.4) is 0 Å². The van der Waals surface area contributed by atoms with E-state index in [2.05, 4.69) is 31.7 Å². The SMILES string of the molecule is CCN(Cc1cccc(C(=N)N)c1)CC(C)C. The summed E-state index contributed by atoms with van der Waals surface area (Å²) < 4.78 is 0. The van der Waals surface area contributed by atoms with Gasteiger partial charge in [-0.05, 0) is 24.1 Å². The molecule has 1 aromatic carbocycles. The molecule has 17 heavy (non-hydrogen) atoms. The van der Waals surface area contributed by atoms with Crippen molar-refractivity contribution >= 4 is 5.84 Å². The molecule has 0 spiro atoms. The van der Waals surface area contributed by atoms with E-state index in [-0.39, 0.29) is 5.84 Å². The van der Waals surface area contributed by atoms with E-state index in [9.17, 15) is 0 Å². The maximum Gasteiger partial charge on any atom is 0.122 e. The molecule has 0 aliphatic carbocycles. The van der Waals surface area contributed by atoms with Crippen molar-refractivity contribution in [3.05, 3.63) is 35.4 Å². The Morgan fingerprint density at radius 1 is 1.41 bits per heavy atom. The summed E-state index contributed by atoms with van der Waals surface area (Å²) in [5.74, 6) is 0.810. The van der Waals surface area contributed by atoms with Crippen LogP contribution in [0.15, 0.2) is 24.3 Å². The number of nitrogens with one attached hydrogen (secondary N) is 1. The highest BCUT2D eigenvalue weighted by atomic mass is 15.1. The molecule has 3 N–H and O–H groups in total. The third-order valence-electron chi connectivity index (χ3n) is 2.71. The fraction of sp³-hybridized carbons (Fsp3) is 0.500. The Hall–Kier alpha value is -1.35. The molecule has 0 aromatic heterocycles. The first-order valence-corrected chi connectivity index (χ1v) is 6.18. The molecule has 0 atom stereocenters. The van der Waals surface area contributed by atoms with Crippen molar-refractivity contribution < 1.29 is 0 Å². The number of nitrogens with two attached hydrogens (primary N) is 1. The Balaban J connectivity index is 2.72. The third-order valence-corrected chi connectivity index (χ3v) is 2.71. The van der Waals surface area contributed by atoms with Gasteiger partial charge in [-0.3, -0.25) is 10.3 Å². The first-order valence-electron chi connectivity index (χ1n) is 6.18. The number of benzene rings is 1. The van der Waals surface area contributed by atoms with Crippen LogP contribution in [-0.2, 0) is 6.54 Å². The van der Waals surface area contributed by atoms with Crippen molar-refractivity contribution in [3.63, 3.8) is 0 Å². The molecular weight excluding hydrogens is 210 g/mol. The molecule has 0 fully saturated rings. The zero-order chi connectivity index (χ0) is 12.8. The molecule has 1 rings (SSSR count). The van der Waals surface area contributed by atoms with Gasteiger partial charge in [-0.1, -0.05) is 39.0 Å². The second kappa shape index (κ2) is 6.40. The summed E-state index contributed by atoms with van der Waals surface area (Å²) in [6.07, 6.45) is 0. The van der Waals surface area contributed by atoms with E-state index in [0.717, 1.165) is 25.2 Å². The van der Waals surface area contributed by atoms with Crippen LogP contribution in [0.5, 0.6) is 0 Å². The molecule has 3 heteroatoms. The van der Waals surface area contributed by atoms with Gasteiger partial charge < -0.3 is 5.73 Å². The van der Waals surface area contributed by atoms with E-state index in [4.69, 9.17) is 11.1 Å². The van der Waals surface area contributed by atoms with E-state index in [1.807, 2.05) is 18.2 Å². The Morgan fingerprint density at radius 3 is 2.65 bits per heavy atom. The predicted octanol–water partition coefficient (Wildman–Crippen LogP) is 2.45. The second-order valence-corrected chi connectivity index (χ2v) is 4.84. The van der Waals surface area contributed by atoms with E-state index in [0.29, 0.717) is 5.92 Å². The van der Waals surface area contributed by atoms with Crippen molar-refractivity contribution in [2.45, 2.75) is 27.3 Å². The maximum absolute atomic E-state index is 7.44. The zero-order valence-corrected chi connectivity index (χ0v) is 11.0. The van der Waals surface area contributed by atoms with E-state index >= 15 is 0 Å². The molecule has 0 saturated heterocycles. The number of hydrogen-bond donors (Lipinski definition) is 2. The van der Waals surface area contributed by atoms with Crippen LogP contribution >= 0.6 is 0 Å². The van der Waals surface area contributed by atoms with Gasteiger partial charge in [-0.25, -0.2) is 0 Å². The highest BCUT2D eigenvalue weighted by Crippen LogP contribution is 2.09. The lowest BCUT2D eigenvalue weighted by Gasteiger charge is -2.22. The Bertz CT molecular complexity index is 371. The second-order valence-electron chi connectivity index (χ2n) is 4.84. The highest BCUT2D eigenvalue weighted by molar-refractivity contribution is 5.95. The number of nitrogen functional groups attached to an aromatic ring is 1. The summed E-state index contributed by atoms with van der Waals surface area (Å²) in [5.41, 5.74) is 7.53. The number of rotatable bonds is 6. The lowest BCUT2D eigenvalue weighted by Crippen LogP contribution is -2.27. The molecule has 0 saturated carbocycles. The van der Waals surface area contributed by atoms with Crippen LogP contribution in [0.1, 0.15) is 31.9 Å². The zero-order valence-electron chi connectivity index (χ0n) is 11.0. The molecule has 0 aliphatic heterocycles. The minimum atomic E-state index is 0.138. The summed E-state index contributed by atoms with van der Waals surface area (Å²) in [6.45, 7) is 9.71. The van der Waals surface area contributed by atoms with Gasteiger partial charge in [0.05, 0.1) is 0 Å². The number of hydrogen-bond acceptors (Lipinski definition) is 2. The molecular formula is C14H23N3. The van der Waals surface area contributed by atoms with Crippen molar-refractivity contribution in [3.8, 4) is 0 Å². The van der Waals surface area contributed by atoms with E-state index in [1.165, 1.54) is 5.56 Å². The molecule has 94 valence electrons. The average Bonchev–Trinajstić information content (AvgIpc) is 2.28. The third kappa shape index (κ3) is 4.57. The van der Waals surface area contributed by atoms with Gasteiger partial charge in [-0.15, -0.1) is 0 Å². The summed E-state index contributed by atoms with van der Waals surface area (Å²) in [6, 6.07) is 7.95. The van der Waals surface area contributed by atoms with Crippen LogP contribution in [0.4, 0.5) is 0 Å². The van der Waals surface area contributed by atoms with Crippen LogP contribution in [0.2, 0.25) is 0 Å². The van der Waals surface area contributed by atoms with Crippen LogP contribution in [0, 0.1) is 11.3 Å². The summed E-state index contributed by atoms with van der Waals surface area (Å²) in [7, 11) is 0. The largest absolute Gasteiger partial charge is 0.384 e. The lowest BCUT2D eigenvalue weighted by atomic mass is 10.1. The first-order chi connectivity index (χ1) is 8.02. The topological polar surface area (TPSA) is 53.1 Å². The van der Waals surface area contributed by atoms with Gasteiger partial charge in [0.25, 0.3) is 0 Å². The van der Waals surface area contributed by atoms with Gasteiger partial charge >= 0.3 is 0 Å². The summed E-state index contributed by atoms with van der Waals surface area (Å²) in [4.78, 5) is 2.41. The van der Waals surface area contributed by atoms with E-state index in [1.54, 1.807) is 0 Å². The average molecular weight is 233 g/mol. The van der Waals surface area contributed by atoms with Gasteiger partial charge in [0.15, 0.2) is 0 Å².